The molecule has 0 aliphatic carbocycles. The number of rotatable bonds is 7. The van der Waals surface area contributed by atoms with E-state index in [0.29, 0.717) is 5.69 Å². The second kappa shape index (κ2) is 8.62. The number of hydrogen-bond donors (Lipinski definition) is 3. The first-order valence-corrected chi connectivity index (χ1v) is 8.85. The fourth-order valence-corrected chi connectivity index (χ4v) is 3.51. The highest BCUT2D eigenvalue weighted by molar-refractivity contribution is 8.00. The lowest BCUT2D eigenvalue weighted by atomic mass is 10.0. The molecule has 0 spiro atoms. The first kappa shape index (κ1) is 19.7. The van der Waals surface area contributed by atoms with Gasteiger partial charge in [0.05, 0.1) is 0 Å². The van der Waals surface area contributed by atoms with E-state index in [0.717, 1.165) is 10.5 Å². The zero-order valence-electron chi connectivity index (χ0n) is 14.6. The second-order valence-electron chi connectivity index (χ2n) is 6.22. The fraction of sp³-hybridized carbons (Fsp3) is 0.263. The van der Waals surface area contributed by atoms with Gasteiger partial charge in [0.15, 0.2) is 0 Å². The molecule has 0 radical (unpaired) electrons. The molecule has 6 nitrogen and oxygen atoms in total. The molecule has 2 rings (SSSR count). The number of nitrogens with two attached hydrogens (primary N) is 1. The maximum absolute atomic E-state index is 12.1. The molecule has 0 aliphatic heterocycles. The van der Waals surface area contributed by atoms with Crippen molar-refractivity contribution in [3.05, 3.63) is 60.2 Å². The standard InChI is InChI=1S/C19H22N2O4S/c1-19(2,26-15-11-7-6-10-14(15)20)16(17(22)23)21-18(24)25-12-13-8-4-3-5-9-13/h3-11,16H,12,20H2,1-2H3,(H,21,24)(H,22,23). The lowest BCUT2D eigenvalue weighted by Gasteiger charge is -2.31. The second-order valence-corrected chi connectivity index (χ2v) is 7.92. The number of anilines is 1. The minimum Gasteiger partial charge on any atom is -0.480 e. The highest BCUT2D eigenvalue weighted by atomic mass is 32.2. The van der Waals surface area contributed by atoms with Crippen LogP contribution in [-0.2, 0) is 16.1 Å². The highest BCUT2D eigenvalue weighted by Crippen LogP contribution is 2.38. The van der Waals surface area contributed by atoms with Crippen LogP contribution < -0.4 is 11.1 Å². The van der Waals surface area contributed by atoms with Gasteiger partial charge in [-0.3, -0.25) is 0 Å². The molecule has 26 heavy (non-hydrogen) atoms. The smallest absolute Gasteiger partial charge is 0.408 e. The number of nitrogen functional groups attached to an aromatic ring is 1. The number of alkyl carbamates (subject to hydrolysis) is 1. The number of ether oxygens (including phenoxy) is 1. The van der Waals surface area contributed by atoms with Crippen LogP contribution in [-0.4, -0.2) is 28.0 Å². The topological polar surface area (TPSA) is 102 Å². The number of carboxylic acids is 1. The molecule has 1 amide bonds. The summed E-state index contributed by atoms with van der Waals surface area (Å²) in [6, 6.07) is 15.2. The maximum atomic E-state index is 12.1. The van der Waals surface area contributed by atoms with Gasteiger partial charge in [0.2, 0.25) is 0 Å². The van der Waals surface area contributed by atoms with Crippen LogP contribution in [0.25, 0.3) is 0 Å². The number of aliphatic carboxylic acids is 1. The van der Waals surface area contributed by atoms with Crippen LogP contribution >= 0.6 is 11.8 Å². The Balaban J connectivity index is 2.03. The molecule has 1 atom stereocenters. The molecule has 138 valence electrons. The average Bonchev–Trinajstić information content (AvgIpc) is 2.60. The molecule has 2 aromatic carbocycles. The summed E-state index contributed by atoms with van der Waals surface area (Å²) in [6.45, 7) is 3.54. The van der Waals surface area contributed by atoms with Crippen LogP contribution in [0.2, 0.25) is 0 Å². The fourth-order valence-electron chi connectivity index (χ4n) is 2.33. The number of nitrogens with one attached hydrogen (secondary N) is 1. The van der Waals surface area contributed by atoms with E-state index in [2.05, 4.69) is 5.32 Å². The number of thioether (sulfide) groups is 1. The highest BCUT2D eigenvalue weighted by Gasteiger charge is 2.38. The van der Waals surface area contributed by atoms with Crippen LogP contribution in [0.4, 0.5) is 10.5 Å². The number of hydrogen-bond acceptors (Lipinski definition) is 5. The van der Waals surface area contributed by atoms with Crippen LogP contribution in [0.1, 0.15) is 19.4 Å². The van der Waals surface area contributed by atoms with Crippen LogP contribution in [0.5, 0.6) is 0 Å². The third-order valence-corrected chi connectivity index (χ3v) is 5.06. The SMILES string of the molecule is CC(C)(Sc1ccccc1N)C(NC(=O)OCc1ccccc1)C(=O)O. The molecule has 0 saturated heterocycles. The predicted octanol–water partition coefficient (Wildman–Crippen LogP) is 3.52. The Hall–Kier alpha value is -2.67. The third-order valence-electron chi connectivity index (χ3n) is 3.71. The summed E-state index contributed by atoms with van der Waals surface area (Å²) in [4.78, 5) is 24.5. The molecule has 0 aliphatic rings. The summed E-state index contributed by atoms with van der Waals surface area (Å²) in [5.41, 5.74) is 7.31. The van der Waals surface area contributed by atoms with Crippen molar-refractivity contribution in [2.75, 3.05) is 5.73 Å². The zero-order chi connectivity index (χ0) is 19.2. The molecule has 1 unspecified atom stereocenters. The van der Waals surface area contributed by atoms with Crippen molar-refractivity contribution < 1.29 is 19.4 Å². The Morgan fingerprint density at radius 1 is 1.15 bits per heavy atom. The quantitative estimate of drug-likeness (QED) is 0.506. The zero-order valence-corrected chi connectivity index (χ0v) is 15.5. The van der Waals surface area contributed by atoms with Crippen molar-refractivity contribution in [2.24, 2.45) is 0 Å². The monoisotopic (exact) mass is 374 g/mol. The van der Waals surface area contributed by atoms with Crippen LogP contribution in [0, 0.1) is 0 Å². The normalized spacial score (nSPS) is 12.2. The number of carboxylic acid groups (broad SMARTS) is 1. The summed E-state index contributed by atoms with van der Waals surface area (Å²) in [5, 5.41) is 12.0. The summed E-state index contributed by atoms with van der Waals surface area (Å²) < 4.78 is 4.28. The Morgan fingerprint density at radius 3 is 2.38 bits per heavy atom. The Bertz CT molecular complexity index is 765. The van der Waals surface area contributed by atoms with Gasteiger partial charge in [0.25, 0.3) is 0 Å². The molecular weight excluding hydrogens is 352 g/mol. The first-order valence-electron chi connectivity index (χ1n) is 8.03. The summed E-state index contributed by atoms with van der Waals surface area (Å²) >= 11 is 1.29. The predicted molar refractivity (Wildman–Crippen MR) is 102 cm³/mol. The molecule has 0 bridgehead atoms. The van der Waals surface area contributed by atoms with Crippen LogP contribution in [0.3, 0.4) is 0 Å². The minimum absolute atomic E-state index is 0.0677. The third kappa shape index (κ3) is 5.42. The summed E-state index contributed by atoms with van der Waals surface area (Å²) in [5.74, 6) is -1.14. The van der Waals surface area contributed by atoms with E-state index in [9.17, 15) is 14.7 Å². The Morgan fingerprint density at radius 2 is 1.77 bits per heavy atom. The lowest BCUT2D eigenvalue weighted by Crippen LogP contribution is -2.52. The van der Waals surface area contributed by atoms with Gasteiger partial charge in [-0.05, 0) is 31.5 Å². The molecule has 0 aromatic heterocycles. The van der Waals surface area contributed by atoms with Gasteiger partial charge in [0, 0.05) is 15.3 Å². The summed E-state index contributed by atoms with van der Waals surface area (Å²) in [6.07, 6.45) is -0.782. The minimum atomic E-state index is -1.16. The van der Waals surface area contributed by atoms with E-state index in [-0.39, 0.29) is 6.61 Å². The summed E-state index contributed by atoms with van der Waals surface area (Å²) in [7, 11) is 0. The van der Waals surface area contributed by atoms with Crippen molar-refractivity contribution in [3.63, 3.8) is 0 Å². The van der Waals surface area contributed by atoms with Gasteiger partial charge in [-0.15, -0.1) is 11.8 Å². The van der Waals surface area contributed by atoms with Crippen molar-refractivity contribution in [1.29, 1.82) is 0 Å². The molecule has 0 heterocycles. The number of carbonyl (C=O) groups is 2. The van der Waals surface area contributed by atoms with Crippen LogP contribution in [0.15, 0.2) is 59.5 Å². The van der Waals surface area contributed by atoms with Crippen molar-refractivity contribution in [1.82, 2.24) is 5.32 Å². The van der Waals surface area contributed by atoms with Crippen molar-refractivity contribution in [2.45, 2.75) is 36.1 Å². The largest absolute Gasteiger partial charge is 0.480 e. The van der Waals surface area contributed by atoms with E-state index >= 15 is 0 Å². The van der Waals surface area contributed by atoms with Gasteiger partial charge in [-0.2, -0.15) is 0 Å². The van der Waals surface area contributed by atoms with Gasteiger partial charge >= 0.3 is 12.1 Å². The maximum Gasteiger partial charge on any atom is 0.408 e. The lowest BCUT2D eigenvalue weighted by molar-refractivity contribution is -0.140. The number of benzene rings is 2. The molecule has 2 aromatic rings. The van der Waals surface area contributed by atoms with Gasteiger partial charge in [-0.25, -0.2) is 9.59 Å². The van der Waals surface area contributed by atoms with E-state index < -0.39 is 22.9 Å². The molecule has 7 heteroatoms. The number of amides is 1. The average molecular weight is 374 g/mol. The van der Waals surface area contributed by atoms with Gasteiger partial charge in [0.1, 0.15) is 12.6 Å². The van der Waals surface area contributed by atoms with Crippen molar-refractivity contribution >= 4 is 29.5 Å². The van der Waals surface area contributed by atoms with Crippen molar-refractivity contribution in [3.8, 4) is 0 Å². The number of para-hydroxylation sites is 1. The van der Waals surface area contributed by atoms with Gasteiger partial charge < -0.3 is 20.9 Å². The van der Waals surface area contributed by atoms with E-state index in [1.165, 1.54) is 11.8 Å². The van der Waals surface area contributed by atoms with E-state index in [1.807, 2.05) is 42.5 Å². The molecule has 0 saturated carbocycles. The first-order chi connectivity index (χ1) is 12.3. The Labute approximate surface area is 156 Å². The molecule has 0 fully saturated rings. The van der Waals surface area contributed by atoms with E-state index in [4.69, 9.17) is 10.5 Å². The Kier molecular flexibility index (Phi) is 6.52. The number of carbonyl (C=O) groups excluding carboxylic acids is 1. The van der Waals surface area contributed by atoms with Gasteiger partial charge in [-0.1, -0.05) is 42.5 Å². The van der Waals surface area contributed by atoms with E-state index in [1.54, 1.807) is 26.0 Å². The molecule has 4 N–H and O–H groups in total. The molecular formula is C19H22N2O4S.